The van der Waals surface area contributed by atoms with Crippen LogP contribution >= 0.6 is 0 Å². The highest BCUT2D eigenvalue weighted by molar-refractivity contribution is 6.03. The molecule has 0 saturated heterocycles. The average Bonchev–Trinajstić information content (AvgIpc) is 3.13. The minimum absolute atomic E-state index is 0.0274. The van der Waals surface area contributed by atoms with Crippen molar-refractivity contribution in [2.45, 2.75) is 19.4 Å². The average molecular weight is 394 g/mol. The second-order valence-electron chi connectivity index (χ2n) is 6.57. The van der Waals surface area contributed by atoms with E-state index < -0.39 is 6.04 Å². The minimum Gasteiger partial charge on any atom is -0.494 e. The molecule has 0 aliphatic carbocycles. The topological polar surface area (TPSA) is 85.2 Å². The Labute approximate surface area is 166 Å². The Morgan fingerprint density at radius 3 is 2.66 bits per heavy atom. The number of aromatic nitrogens is 2. The van der Waals surface area contributed by atoms with Gasteiger partial charge in [0.2, 0.25) is 11.8 Å². The fourth-order valence-corrected chi connectivity index (χ4v) is 3.24. The van der Waals surface area contributed by atoms with E-state index in [1.54, 1.807) is 42.6 Å². The van der Waals surface area contributed by atoms with Crippen molar-refractivity contribution in [2.24, 2.45) is 0 Å². The summed E-state index contributed by atoms with van der Waals surface area (Å²) in [7, 11) is 0. The summed E-state index contributed by atoms with van der Waals surface area (Å²) in [5, 5.41) is 9.88. The predicted octanol–water partition coefficient (Wildman–Crippen LogP) is 3.61. The van der Waals surface area contributed by atoms with E-state index in [9.17, 15) is 14.0 Å². The number of amides is 2. The molecule has 1 atom stereocenters. The van der Waals surface area contributed by atoms with E-state index >= 15 is 0 Å². The number of rotatable bonds is 5. The van der Waals surface area contributed by atoms with Gasteiger partial charge in [-0.2, -0.15) is 5.10 Å². The number of hydrogen-bond acceptors (Lipinski definition) is 4. The smallest absolute Gasteiger partial charge is 0.249 e. The quantitative estimate of drug-likeness (QED) is 0.692. The molecule has 0 radical (unpaired) electrons. The van der Waals surface area contributed by atoms with E-state index in [1.165, 1.54) is 16.8 Å². The maximum Gasteiger partial charge on any atom is 0.249 e. The molecule has 8 heteroatoms. The molecule has 29 heavy (non-hydrogen) atoms. The van der Waals surface area contributed by atoms with Crippen LogP contribution in [0.1, 0.15) is 19.4 Å². The third kappa shape index (κ3) is 3.82. The molecule has 2 heterocycles. The van der Waals surface area contributed by atoms with Crippen molar-refractivity contribution in [1.82, 2.24) is 9.78 Å². The minimum atomic E-state index is -0.792. The third-order valence-corrected chi connectivity index (χ3v) is 4.62. The molecule has 0 fully saturated rings. The van der Waals surface area contributed by atoms with Crippen LogP contribution in [0.25, 0.3) is 11.1 Å². The maximum atomic E-state index is 13.2. The fourth-order valence-electron chi connectivity index (χ4n) is 3.24. The molecule has 2 N–H and O–H groups in total. The van der Waals surface area contributed by atoms with Gasteiger partial charge >= 0.3 is 0 Å². The normalized spacial score (nSPS) is 15.4. The molecule has 1 unspecified atom stereocenters. The summed E-state index contributed by atoms with van der Waals surface area (Å²) in [6.45, 7) is 2.45. The Hall–Kier alpha value is -3.68. The lowest BCUT2D eigenvalue weighted by Gasteiger charge is -2.24. The Morgan fingerprint density at radius 1 is 1.24 bits per heavy atom. The van der Waals surface area contributed by atoms with E-state index in [2.05, 4.69) is 15.7 Å². The maximum absolute atomic E-state index is 13.2. The van der Waals surface area contributed by atoms with E-state index in [0.29, 0.717) is 35.0 Å². The van der Waals surface area contributed by atoms with Gasteiger partial charge < -0.3 is 15.4 Å². The molecule has 1 aliphatic rings. The summed E-state index contributed by atoms with van der Waals surface area (Å²) in [5.74, 6) is 0.138. The molecule has 1 aliphatic heterocycles. The van der Waals surface area contributed by atoms with Crippen molar-refractivity contribution in [3.8, 4) is 16.9 Å². The van der Waals surface area contributed by atoms with Gasteiger partial charge in [0, 0.05) is 11.3 Å². The van der Waals surface area contributed by atoms with Crippen LogP contribution in [0.5, 0.6) is 5.75 Å². The molecule has 148 valence electrons. The van der Waals surface area contributed by atoms with Crippen LogP contribution in [0.4, 0.5) is 15.9 Å². The van der Waals surface area contributed by atoms with Crippen LogP contribution in [0, 0.1) is 5.82 Å². The third-order valence-electron chi connectivity index (χ3n) is 4.62. The standard InChI is InChI=1S/C21H19FN4O3/c1-2-29-16-9-7-15(8-10-16)24-21(28)18-11-19(27)25-20-17(12-23-26(18)20)13-3-5-14(22)6-4-13/h3-10,12,18H,2,11H2,1H3,(H,24,28)(H,25,27). The zero-order chi connectivity index (χ0) is 20.4. The zero-order valence-electron chi connectivity index (χ0n) is 15.7. The van der Waals surface area contributed by atoms with E-state index in [4.69, 9.17) is 4.74 Å². The lowest BCUT2D eigenvalue weighted by Crippen LogP contribution is -2.35. The first kappa shape index (κ1) is 18.7. The van der Waals surface area contributed by atoms with Gasteiger partial charge in [-0.1, -0.05) is 12.1 Å². The van der Waals surface area contributed by atoms with Crippen molar-refractivity contribution in [1.29, 1.82) is 0 Å². The first-order chi connectivity index (χ1) is 14.0. The Kier molecular flexibility index (Phi) is 4.99. The van der Waals surface area contributed by atoms with Gasteiger partial charge in [-0.05, 0) is 48.9 Å². The zero-order valence-corrected chi connectivity index (χ0v) is 15.7. The molecule has 0 bridgehead atoms. The molecule has 7 nitrogen and oxygen atoms in total. The molecule has 0 spiro atoms. The van der Waals surface area contributed by atoms with Crippen LogP contribution in [-0.2, 0) is 9.59 Å². The SMILES string of the molecule is CCOc1ccc(NC(=O)C2CC(=O)Nc3c(-c4ccc(F)cc4)cnn32)cc1. The Balaban J connectivity index is 1.58. The summed E-state index contributed by atoms with van der Waals surface area (Å²) < 4.78 is 20.1. The van der Waals surface area contributed by atoms with E-state index in [1.807, 2.05) is 6.92 Å². The number of halogens is 1. The fraction of sp³-hybridized carbons (Fsp3) is 0.190. The summed E-state index contributed by atoms with van der Waals surface area (Å²) in [6.07, 6.45) is 1.53. The molecular formula is C21H19FN4O3. The number of hydrogen-bond donors (Lipinski definition) is 2. The largest absolute Gasteiger partial charge is 0.494 e. The number of nitrogens with one attached hydrogen (secondary N) is 2. The molecule has 2 amide bonds. The number of nitrogens with zero attached hydrogens (tertiary/aromatic N) is 2. The molecule has 0 saturated carbocycles. The number of carbonyl (C=O) groups is 2. The number of fused-ring (bicyclic) bond motifs is 1. The molecule has 4 rings (SSSR count). The van der Waals surface area contributed by atoms with Crippen molar-refractivity contribution in [2.75, 3.05) is 17.2 Å². The summed E-state index contributed by atoms with van der Waals surface area (Å²) >= 11 is 0. The second kappa shape index (κ2) is 7.75. The van der Waals surface area contributed by atoms with Gasteiger partial charge in [-0.25, -0.2) is 9.07 Å². The Morgan fingerprint density at radius 2 is 1.97 bits per heavy atom. The first-order valence-corrected chi connectivity index (χ1v) is 9.22. The highest BCUT2D eigenvalue weighted by Crippen LogP contribution is 2.34. The van der Waals surface area contributed by atoms with E-state index in [0.717, 1.165) is 0 Å². The van der Waals surface area contributed by atoms with Crippen molar-refractivity contribution >= 4 is 23.3 Å². The highest BCUT2D eigenvalue weighted by Gasteiger charge is 2.33. The van der Waals surface area contributed by atoms with Crippen LogP contribution in [0.2, 0.25) is 0 Å². The monoisotopic (exact) mass is 394 g/mol. The van der Waals surface area contributed by atoms with Crippen LogP contribution in [0.15, 0.2) is 54.7 Å². The summed E-state index contributed by atoms with van der Waals surface area (Å²) in [5.41, 5.74) is 1.91. The number of carbonyl (C=O) groups excluding carboxylic acids is 2. The number of benzene rings is 2. The van der Waals surface area contributed by atoms with Gasteiger partial charge in [-0.3, -0.25) is 9.59 Å². The number of ether oxygens (including phenoxy) is 1. The van der Waals surface area contributed by atoms with Gasteiger partial charge in [0.05, 0.1) is 19.2 Å². The van der Waals surface area contributed by atoms with Gasteiger partial charge in [0.25, 0.3) is 0 Å². The van der Waals surface area contributed by atoms with Crippen LogP contribution in [-0.4, -0.2) is 28.2 Å². The highest BCUT2D eigenvalue weighted by atomic mass is 19.1. The van der Waals surface area contributed by atoms with Crippen molar-refractivity contribution < 1.29 is 18.7 Å². The van der Waals surface area contributed by atoms with Gasteiger partial charge in [0.15, 0.2) is 0 Å². The predicted molar refractivity (Wildman–Crippen MR) is 106 cm³/mol. The van der Waals surface area contributed by atoms with Crippen molar-refractivity contribution in [3.63, 3.8) is 0 Å². The second-order valence-corrected chi connectivity index (χ2v) is 6.57. The Bertz CT molecular complexity index is 1040. The van der Waals surface area contributed by atoms with E-state index in [-0.39, 0.29) is 24.1 Å². The lowest BCUT2D eigenvalue weighted by atomic mass is 10.1. The van der Waals surface area contributed by atoms with Gasteiger partial charge in [-0.15, -0.1) is 0 Å². The molecule has 2 aromatic carbocycles. The van der Waals surface area contributed by atoms with Gasteiger partial charge in [0.1, 0.15) is 23.4 Å². The first-order valence-electron chi connectivity index (χ1n) is 9.22. The number of anilines is 2. The lowest BCUT2D eigenvalue weighted by molar-refractivity contribution is -0.125. The summed E-state index contributed by atoms with van der Waals surface area (Å²) in [6, 6.07) is 12.1. The molecule has 3 aromatic rings. The molecule has 1 aromatic heterocycles. The summed E-state index contributed by atoms with van der Waals surface area (Å²) in [4.78, 5) is 25.1. The molecular weight excluding hydrogens is 375 g/mol. The van der Waals surface area contributed by atoms with Crippen LogP contribution in [0.3, 0.4) is 0 Å². The van der Waals surface area contributed by atoms with Crippen LogP contribution < -0.4 is 15.4 Å². The van der Waals surface area contributed by atoms with Crippen molar-refractivity contribution in [3.05, 3.63) is 60.5 Å².